The SMILES string of the molecule is Cc1noc(CN2CC(O)=C(c3nc(-c4ccc(Cl)cc4)cs3)C2=N)n1. The highest BCUT2D eigenvalue weighted by molar-refractivity contribution is 7.11. The van der Waals surface area contributed by atoms with Gasteiger partial charge in [0.1, 0.15) is 16.6 Å². The first-order valence-electron chi connectivity index (χ1n) is 7.78. The standard InChI is InChI=1S/C17H14ClN5O2S/c1-9-20-14(25-22-9)7-23-6-13(24)15(16(23)19)17-21-12(8-26-17)10-2-4-11(18)5-3-10/h2-5,8,19,24H,6-7H2,1H3. The van der Waals surface area contributed by atoms with Crippen LogP contribution < -0.4 is 0 Å². The van der Waals surface area contributed by atoms with Gasteiger partial charge in [-0.25, -0.2) is 4.98 Å². The average molecular weight is 388 g/mol. The van der Waals surface area contributed by atoms with Crippen LogP contribution >= 0.6 is 22.9 Å². The first kappa shape index (κ1) is 16.7. The summed E-state index contributed by atoms with van der Waals surface area (Å²) in [5, 5.41) is 25.7. The molecule has 26 heavy (non-hydrogen) atoms. The molecule has 2 N–H and O–H groups in total. The number of aromatic nitrogens is 3. The number of amidine groups is 1. The lowest BCUT2D eigenvalue weighted by atomic mass is 10.2. The van der Waals surface area contributed by atoms with Gasteiger partial charge in [-0.1, -0.05) is 28.9 Å². The molecule has 0 amide bonds. The van der Waals surface area contributed by atoms with Crippen molar-refractivity contribution in [1.29, 1.82) is 5.41 Å². The van der Waals surface area contributed by atoms with Crippen molar-refractivity contribution in [3.05, 3.63) is 57.2 Å². The minimum absolute atomic E-state index is 0.114. The predicted molar refractivity (Wildman–Crippen MR) is 99.3 cm³/mol. The number of aliphatic hydroxyl groups is 1. The molecule has 2 aromatic heterocycles. The van der Waals surface area contributed by atoms with Crippen molar-refractivity contribution < 1.29 is 9.63 Å². The summed E-state index contributed by atoms with van der Waals surface area (Å²) in [4.78, 5) is 10.4. The Morgan fingerprint density at radius 2 is 2.08 bits per heavy atom. The molecule has 0 saturated carbocycles. The molecule has 132 valence electrons. The molecule has 7 nitrogen and oxygen atoms in total. The number of nitrogens with zero attached hydrogens (tertiary/aromatic N) is 4. The highest BCUT2D eigenvalue weighted by Gasteiger charge is 2.31. The number of aryl methyl sites for hydroxylation is 1. The van der Waals surface area contributed by atoms with E-state index in [1.165, 1.54) is 11.3 Å². The van der Waals surface area contributed by atoms with E-state index >= 15 is 0 Å². The monoisotopic (exact) mass is 387 g/mol. The second-order valence-corrected chi connectivity index (χ2v) is 7.10. The molecule has 0 saturated heterocycles. The lowest BCUT2D eigenvalue weighted by molar-refractivity contribution is 0.300. The van der Waals surface area contributed by atoms with Crippen LogP contribution in [0.3, 0.4) is 0 Å². The number of rotatable bonds is 4. The summed E-state index contributed by atoms with van der Waals surface area (Å²) in [6.07, 6.45) is 0. The number of hydrogen-bond acceptors (Lipinski definition) is 7. The molecule has 0 fully saturated rings. The predicted octanol–water partition coefficient (Wildman–Crippen LogP) is 3.92. The third-order valence-corrected chi connectivity index (χ3v) is 5.05. The average Bonchev–Trinajstić information content (AvgIpc) is 3.30. The Balaban J connectivity index is 1.56. The Kier molecular flexibility index (Phi) is 4.21. The number of thiazole rings is 1. The molecule has 3 heterocycles. The van der Waals surface area contributed by atoms with Gasteiger partial charge in [-0.2, -0.15) is 4.98 Å². The maximum absolute atomic E-state index is 10.4. The van der Waals surface area contributed by atoms with Crippen molar-refractivity contribution in [2.75, 3.05) is 6.54 Å². The van der Waals surface area contributed by atoms with E-state index in [-0.39, 0.29) is 24.7 Å². The van der Waals surface area contributed by atoms with Gasteiger partial charge in [0.2, 0.25) is 5.89 Å². The zero-order valence-corrected chi connectivity index (χ0v) is 15.3. The molecular formula is C17H14ClN5O2S. The minimum Gasteiger partial charge on any atom is -0.510 e. The maximum Gasteiger partial charge on any atom is 0.246 e. The maximum atomic E-state index is 10.4. The van der Waals surface area contributed by atoms with Gasteiger partial charge in [0.25, 0.3) is 0 Å². The Labute approximate surface area is 158 Å². The summed E-state index contributed by atoms with van der Waals surface area (Å²) >= 11 is 7.31. The van der Waals surface area contributed by atoms with Crippen LogP contribution in [0.15, 0.2) is 39.9 Å². The summed E-state index contributed by atoms with van der Waals surface area (Å²) in [5.74, 6) is 1.25. The van der Waals surface area contributed by atoms with E-state index in [9.17, 15) is 5.11 Å². The third-order valence-electron chi connectivity index (χ3n) is 3.94. The van der Waals surface area contributed by atoms with Gasteiger partial charge in [-0.3, -0.25) is 5.41 Å². The fraction of sp³-hybridized carbons (Fsp3) is 0.176. The second-order valence-electron chi connectivity index (χ2n) is 5.81. The van der Waals surface area contributed by atoms with Crippen LogP contribution in [0.4, 0.5) is 0 Å². The zero-order chi connectivity index (χ0) is 18.3. The molecule has 3 aromatic rings. The highest BCUT2D eigenvalue weighted by Crippen LogP contribution is 2.33. The summed E-state index contributed by atoms with van der Waals surface area (Å²) in [5.41, 5.74) is 2.15. The van der Waals surface area contributed by atoms with Crippen LogP contribution in [-0.2, 0) is 6.54 Å². The van der Waals surface area contributed by atoms with Crippen molar-refractivity contribution in [1.82, 2.24) is 20.0 Å². The van der Waals surface area contributed by atoms with Crippen molar-refractivity contribution >= 4 is 34.3 Å². The van der Waals surface area contributed by atoms with Gasteiger partial charge >= 0.3 is 0 Å². The van der Waals surface area contributed by atoms with Crippen molar-refractivity contribution in [3.63, 3.8) is 0 Å². The normalized spacial score (nSPS) is 14.5. The lowest BCUT2D eigenvalue weighted by Crippen LogP contribution is -2.26. The van der Waals surface area contributed by atoms with E-state index in [4.69, 9.17) is 21.5 Å². The van der Waals surface area contributed by atoms with Gasteiger partial charge in [-0.15, -0.1) is 11.3 Å². The third kappa shape index (κ3) is 3.09. The molecule has 4 rings (SSSR count). The van der Waals surface area contributed by atoms with E-state index < -0.39 is 0 Å². The van der Waals surface area contributed by atoms with E-state index in [1.807, 2.05) is 17.5 Å². The van der Waals surface area contributed by atoms with Crippen LogP contribution in [0.1, 0.15) is 16.7 Å². The molecule has 9 heteroatoms. The number of hydrogen-bond donors (Lipinski definition) is 2. The molecule has 0 bridgehead atoms. The Morgan fingerprint density at radius 3 is 2.77 bits per heavy atom. The Bertz CT molecular complexity index is 1010. The van der Waals surface area contributed by atoms with E-state index in [0.29, 0.717) is 27.3 Å². The van der Waals surface area contributed by atoms with Crippen LogP contribution in [0.5, 0.6) is 0 Å². The van der Waals surface area contributed by atoms with E-state index in [0.717, 1.165) is 11.3 Å². The van der Waals surface area contributed by atoms with E-state index in [1.54, 1.807) is 24.0 Å². The van der Waals surface area contributed by atoms with Crippen molar-refractivity contribution in [3.8, 4) is 11.3 Å². The summed E-state index contributed by atoms with van der Waals surface area (Å²) < 4.78 is 5.10. The molecule has 0 radical (unpaired) electrons. The van der Waals surface area contributed by atoms with Crippen LogP contribution in [-0.4, -0.2) is 37.5 Å². The summed E-state index contributed by atoms with van der Waals surface area (Å²) in [6, 6.07) is 7.38. The van der Waals surface area contributed by atoms with Crippen molar-refractivity contribution in [2.45, 2.75) is 13.5 Å². The van der Waals surface area contributed by atoms with Gasteiger partial charge in [-0.05, 0) is 19.1 Å². The van der Waals surface area contributed by atoms with E-state index in [2.05, 4.69) is 15.1 Å². The zero-order valence-electron chi connectivity index (χ0n) is 13.7. The van der Waals surface area contributed by atoms with Crippen LogP contribution in [0, 0.1) is 12.3 Å². The smallest absolute Gasteiger partial charge is 0.246 e. The first-order chi connectivity index (χ1) is 12.5. The Morgan fingerprint density at radius 1 is 1.31 bits per heavy atom. The molecular weight excluding hydrogens is 374 g/mol. The number of benzene rings is 1. The highest BCUT2D eigenvalue weighted by atomic mass is 35.5. The fourth-order valence-electron chi connectivity index (χ4n) is 2.70. The van der Waals surface area contributed by atoms with Gasteiger partial charge in [0, 0.05) is 16.0 Å². The molecule has 0 atom stereocenters. The van der Waals surface area contributed by atoms with Gasteiger partial charge in [0.05, 0.1) is 24.4 Å². The summed E-state index contributed by atoms with van der Waals surface area (Å²) in [6.45, 7) is 2.21. The first-order valence-corrected chi connectivity index (χ1v) is 9.04. The topological polar surface area (TPSA) is 99.1 Å². The molecule has 0 spiro atoms. The van der Waals surface area contributed by atoms with Crippen LogP contribution in [0.2, 0.25) is 5.02 Å². The Hall–Kier alpha value is -2.71. The van der Waals surface area contributed by atoms with Crippen LogP contribution in [0.25, 0.3) is 16.8 Å². The number of nitrogens with one attached hydrogen (secondary N) is 1. The molecule has 1 aliphatic rings. The molecule has 0 unspecified atom stereocenters. The molecule has 1 aliphatic heterocycles. The number of halogens is 1. The van der Waals surface area contributed by atoms with Gasteiger partial charge in [0.15, 0.2) is 5.82 Å². The quantitative estimate of drug-likeness (QED) is 0.703. The summed E-state index contributed by atoms with van der Waals surface area (Å²) in [7, 11) is 0. The molecule has 0 aliphatic carbocycles. The fourth-order valence-corrected chi connectivity index (χ4v) is 3.72. The second kappa shape index (κ2) is 6.54. The van der Waals surface area contributed by atoms with Crippen molar-refractivity contribution in [2.24, 2.45) is 0 Å². The van der Waals surface area contributed by atoms with Gasteiger partial charge < -0.3 is 14.5 Å². The minimum atomic E-state index is 0.114. The molecule has 1 aromatic carbocycles. The largest absolute Gasteiger partial charge is 0.510 e. The number of aliphatic hydroxyl groups excluding tert-OH is 1. The lowest BCUT2D eigenvalue weighted by Gasteiger charge is -2.15.